The minimum absolute atomic E-state index is 0.105. The zero-order valence-corrected chi connectivity index (χ0v) is 43.6. The van der Waals surface area contributed by atoms with Crippen LogP contribution >= 0.6 is 0 Å². The smallest absolute Gasteiger partial charge is 0.306 e. The van der Waals surface area contributed by atoms with Crippen LogP contribution in [0.5, 0.6) is 0 Å². The van der Waals surface area contributed by atoms with E-state index in [0.717, 1.165) is 109 Å². The van der Waals surface area contributed by atoms with E-state index in [1.54, 1.807) is 0 Å². The summed E-state index contributed by atoms with van der Waals surface area (Å²) in [7, 11) is 0. The number of hydrogen-bond acceptors (Lipinski definition) is 6. The Kier molecular flexibility index (Phi) is 51.9. The van der Waals surface area contributed by atoms with Crippen molar-refractivity contribution in [1.29, 1.82) is 0 Å². The molecule has 0 saturated carbocycles. The van der Waals surface area contributed by atoms with E-state index in [1.165, 1.54) is 103 Å². The van der Waals surface area contributed by atoms with Gasteiger partial charge in [0.15, 0.2) is 6.10 Å². The third kappa shape index (κ3) is 53.2. The van der Waals surface area contributed by atoms with E-state index in [4.69, 9.17) is 14.2 Å². The Morgan fingerprint density at radius 3 is 1.07 bits per heavy atom. The van der Waals surface area contributed by atoms with Gasteiger partial charge in [0.25, 0.3) is 0 Å². The van der Waals surface area contributed by atoms with Gasteiger partial charge in [-0.25, -0.2) is 0 Å². The minimum Gasteiger partial charge on any atom is -0.462 e. The van der Waals surface area contributed by atoms with Crippen LogP contribution in [0.15, 0.2) is 97.2 Å². The summed E-state index contributed by atoms with van der Waals surface area (Å²) in [5.74, 6) is -0.967. The van der Waals surface area contributed by atoms with E-state index in [0.29, 0.717) is 19.3 Å². The third-order valence-electron chi connectivity index (χ3n) is 11.6. The van der Waals surface area contributed by atoms with Crippen LogP contribution in [0.25, 0.3) is 0 Å². The lowest BCUT2D eigenvalue weighted by molar-refractivity contribution is -0.167. The Labute approximate surface area is 413 Å². The van der Waals surface area contributed by atoms with Gasteiger partial charge in [0.1, 0.15) is 13.2 Å². The van der Waals surface area contributed by atoms with Gasteiger partial charge in [-0.1, -0.05) is 221 Å². The number of carbonyl (C=O) groups excluding carboxylic acids is 3. The second kappa shape index (κ2) is 54.9. The highest BCUT2D eigenvalue weighted by molar-refractivity contribution is 5.71. The van der Waals surface area contributed by atoms with Gasteiger partial charge in [0.2, 0.25) is 0 Å². The summed E-state index contributed by atoms with van der Waals surface area (Å²) in [5.41, 5.74) is 0. The first-order valence-corrected chi connectivity index (χ1v) is 27.8. The van der Waals surface area contributed by atoms with E-state index >= 15 is 0 Å². The minimum atomic E-state index is -0.805. The molecule has 0 aromatic rings. The summed E-state index contributed by atoms with van der Waals surface area (Å²) in [5, 5.41) is 0. The molecule has 0 fully saturated rings. The molecule has 0 spiro atoms. The van der Waals surface area contributed by atoms with Gasteiger partial charge in [-0.2, -0.15) is 0 Å². The lowest BCUT2D eigenvalue weighted by atomic mass is 10.1. The van der Waals surface area contributed by atoms with Gasteiger partial charge >= 0.3 is 17.9 Å². The maximum absolute atomic E-state index is 12.8. The van der Waals surface area contributed by atoms with Crippen molar-refractivity contribution in [2.24, 2.45) is 0 Å². The first-order chi connectivity index (χ1) is 33.0. The van der Waals surface area contributed by atoms with Crippen molar-refractivity contribution < 1.29 is 28.6 Å². The molecule has 0 saturated heterocycles. The zero-order chi connectivity index (χ0) is 48.6. The van der Waals surface area contributed by atoms with E-state index in [2.05, 4.69) is 118 Å². The molecule has 0 heterocycles. The number of unbranched alkanes of at least 4 members (excludes halogenated alkanes) is 23. The molecule has 6 heteroatoms. The average molecular weight is 931 g/mol. The number of allylic oxidation sites excluding steroid dienone is 16. The summed E-state index contributed by atoms with van der Waals surface area (Å²) >= 11 is 0. The molecule has 0 aromatic carbocycles. The average Bonchev–Trinajstić information content (AvgIpc) is 3.33. The van der Waals surface area contributed by atoms with Crippen molar-refractivity contribution in [1.82, 2.24) is 0 Å². The standard InChI is InChI=1S/C61H102O6/c1-4-7-10-13-16-19-22-24-26-28-30-32-34-36-39-42-45-48-51-54-60(63)66-57-58(56-65-59(62)53-50-47-44-41-38-21-18-15-12-9-6-3)67-61(64)55-52-49-46-43-40-37-35-33-31-29-27-25-23-20-17-14-11-8-5-2/h7,10,15-16,18-19,21,24,26,29-32,36,38-39,58H,4-6,8-9,11-14,17,20,22-23,25,27-28,33-35,37,40-57H2,1-3H3/b10-7-,18-15-,19-16-,26-24-,31-29-,32-30-,38-21-,39-36-. The number of carbonyl (C=O) groups is 3. The van der Waals surface area contributed by atoms with Gasteiger partial charge in [0.05, 0.1) is 0 Å². The van der Waals surface area contributed by atoms with Gasteiger partial charge in [0, 0.05) is 19.3 Å². The molecule has 382 valence electrons. The molecule has 0 amide bonds. The van der Waals surface area contributed by atoms with E-state index in [-0.39, 0.29) is 31.1 Å². The maximum atomic E-state index is 12.8. The topological polar surface area (TPSA) is 78.9 Å². The Hall–Kier alpha value is -3.67. The van der Waals surface area contributed by atoms with Crippen LogP contribution in [0.1, 0.15) is 252 Å². The van der Waals surface area contributed by atoms with Crippen LogP contribution in [0.2, 0.25) is 0 Å². The first kappa shape index (κ1) is 63.3. The Morgan fingerprint density at radius 2 is 0.642 bits per heavy atom. The van der Waals surface area contributed by atoms with Gasteiger partial charge in [-0.05, 0) is 109 Å². The van der Waals surface area contributed by atoms with Crippen molar-refractivity contribution in [2.45, 2.75) is 258 Å². The summed E-state index contributed by atoms with van der Waals surface area (Å²) in [6.07, 6.45) is 72.6. The molecule has 67 heavy (non-hydrogen) atoms. The molecule has 0 radical (unpaired) electrons. The number of rotatable bonds is 49. The molecule has 0 rings (SSSR count). The molecule has 0 aliphatic rings. The fourth-order valence-electron chi connectivity index (χ4n) is 7.38. The fourth-order valence-corrected chi connectivity index (χ4v) is 7.38. The highest BCUT2D eigenvalue weighted by atomic mass is 16.6. The molecular formula is C61H102O6. The second-order valence-corrected chi connectivity index (χ2v) is 18.1. The molecule has 0 N–H and O–H groups in total. The Balaban J connectivity index is 4.44. The Morgan fingerprint density at radius 1 is 0.328 bits per heavy atom. The highest BCUT2D eigenvalue weighted by Crippen LogP contribution is 2.14. The van der Waals surface area contributed by atoms with Crippen molar-refractivity contribution in [2.75, 3.05) is 13.2 Å². The summed E-state index contributed by atoms with van der Waals surface area (Å²) in [6.45, 7) is 6.42. The van der Waals surface area contributed by atoms with Gasteiger partial charge < -0.3 is 14.2 Å². The largest absolute Gasteiger partial charge is 0.462 e. The molecule has 1 unspecified atom stereocenters. The molecule has 1 atom stereocenters. The summed E-state index contributed by atoms with van der Waals surface area (Å²) < 4.78 is 16.8. The van der Waals surface area contributed by atoms with Crippen LogP contribution in [0, 0.1) is 0 Å². The van der Waals surface area contributed by atoms with Crippen LogP contribution in [0.4, 0.5) is 0 Å². The van der Waals surface area contributed by atoms with Crippen LogP contribution in [0.3, 0.4) is 0 Å². The molecular weight excluding hydrogens is 829 g/mol. The zero-order valence-electron chi connectivity index (χ0n) is 43.6. The van der Waals surface area contributed by atoms with Crippen LogP contribution in [-0.2, 0) is 28.6 Å². The van der Waals surface area contributed by atoms with Crippen molar-refractivity contribution in [3.05, 3.63) is 97.2 Å². The number of esters is 3. The summed E-state index contributed by atoms with van der Waals surface area (Å²) in [6, 6.07) is 0. The Bertz CT molecular complexity index is 1350. The third-order valence-corrected chi connectivity index (χ3v) is 11.6. The SMILES string of the molecule is CC/C=C\C/C=C\C/C=C\C/C=C\C/C=C\CCCCCC(=O)OCC(COC(=O)CCCCC/C=C\C=C/CCCC)OC(=O)CCCCCCCCC/C=C\CCCCCCCCCC. The van der Waals surface area contributed by atoms with Crippen LogP contribution in [-0.4, -0.2) is 37.2 Å². The molecule has 0 bridgehead atoms. The van der Waals surface area contributed by atoms with Crippen molar-refractivity contribution in [3.63, 3.8) is 0 Å². The van der Waals surface area contributed by atoms with E-state index in [1.807, 2.05) is 0 Å². The monoisotopic (exact) mass is 931 g/mol. The van der Waals surface area contributed by atoms with Crippen molar-refractivity contribution >= 4 is 17.9 Å². The summed E-state index contributed by atoms with van der Waals surface area (Å²) in [4.78, 5) is 38.0. The molecule has 6 nitrogen and oxygen atoms in total. The maximum Gasteiger partial charge on any atom is 0.306 e. The van der Waals surface area contributed by atoms with E-state index in [9.17, 15) is 14.4 Å². The molecule has 0 aromatic heterocycles. The van der Waals surface area contributed by atoms with Gasteiger partial charge in [-0.15, -0.1) is 0 Å². The normalized spacial score (nSPS) is 12.8. The van der Waals surface area contributed by atoms with E-state index < -0.39 is 6.10 Å². The molecule has 0 aliphatic heterocycles. The first-order valence-electron chi connectivity index (χ1n) is 27.8. The van der Waals surface area contributed by atoms with Gasteiger partial charge in [-0.3, -0.25) is 14.4 Å². The second-order valence-electron chi connectivity index (χ2n) is 18.1. The fraction of sp³-hybridized carbons (Fsp3) is 0.689. The quantitative estimate of drug-likeness (QED) is 0.0199. The molecule has 0 aliphatic carbocycles. The predicted molar refractivity (Wildman–Crippen MR) is 288 cm³/mol. The lowest BCUT2D eigenvalue weighted by Gasteiger charge is -2.18. The predicted octanol–water partition coefficient (Wildman–Crippen LogP) is 18.5. The number of hydrogen-bond donors (Lipinski definition) is 0. The number of ether oxygens (including phenoxy) is 3. The highest BCUT2D eigenvalue weighted by Gasteiger charge is 2.19. The van der Waals surface area contributed by atoms with Crippen molar-refractivity contribution in [3.8, 4) is 0 Å². The van der Waals surface area contributed by atoms with Crippen LogP contribution < -0.4 is 0 Å². The lowest BCUT2D eigenvalue weighted by Crippen LogP contribution is -2.30.